The van der Waals surface area contributed by atoms with Crippen molar-refractivity contribution in [1.82, 2.24) is 3.97 Å². The molecule has 0 fully saturated rings. The Morgan fingerprint density at radius 1 is 1.14 bits per heavy atom. The van der Waals surface area contributed by atoms with Gasteiger partial charge in [0.1, 0.15) is 11.6 Å². The van der Waals surface area contributed by atoms with E-state index in [4.69, 9.17) is 11.6 Å². The first-order valence-electron chi connectivity index (χ1n) is 6.33. The van der Waals surface area contributed by atoms with E-state index in [9.17, 15) is 17.9 Å². The Kier molecular flexibility index (Phi) is 3.38. The minimum Gasteiger partial charge on any atom is -0.505 e. The lowest BCUT2D eigenvalue weighted by Crippen LogP contribution is -2.14. The average molecular weight is 340 g/mol. The van der Waals surface area contributed by atoms with Crippen LogP contribution in [0, 0.1) is 12.7 Å². The molecule has 4 nitrogen and oxygen atoms in total. The molecule has 0 bridgehead atoms. The molecule has 0 unspecified atom stereocenters. The van der Waals surface area contributed by atoms with E-state index < -0.39 is 15.8 Å². The van der Waals surface area contributed by atoms with Gasteiger partial charge in [0.2, 0.25) is 0 Å². The van der Waals surface area contributed by atoms with Gasteiger partial charge in [-0.3, -0.25) is 0 Å². The number of aromatic hydroxyl groups is 1. The molecular weight excluding hydrogens is 329 g/mol. The highest BCUT2D eigenvalue weighted by molar-refractivity contribution is 7.90. The van der Waals surface area contributed by atoms with Gasteiger partial charge in [-0.25, -0.2) is 16.8 Å². The summed E-state index contributed by atoms with van der Waals surface area (Å²) in [6.45, 7) is 1.49. The normalized spacial score (nSPS) is 12.0. The predicted octanol–water partition coefficient (Wildman–Crippen LogP) is 3.68. The minimum absolute atomic E-state index is 0.0659. The number of halogens is 2. The van der Waals surface area contributed by atoms with Crippen LogP contribution in [0.1, 0.15) is 5.69 Å². The largest absolute Gasteiger partial charge is 0.505 e. The number of aromatic nitrogens is 1. The summed E-state index contributed by atoms with van der Waals surface area (Å²) in [4.78, 5) is -0.0659. The summed E-state index contributed by atoms with van der Waals surface area (Å²) in [6, 6.07) is 9.07. The lowest BCUT2D eigenvalue weighted by Gasteiger charge is -2.09. The van der Waals surface area contributed by atoms with Crippen LogP contribution in [0.25, 0.3) is 10.9 Å². The number of fused-ring (bicyclic) bond motifs is 1. The maximum atomic E-state index is 13.0. The van der Waals surface area contributed by atoms with Crippen LogP contribution < -0.4 is 0 Å². The van der Waals surface area contributed by atoms with Gasteiger partial charge in [0.15, 0.2) is 0 Å². The first kappa shape index (κ1) is 14.9. The van der Waals surface area contributed by atoms with E-state index >= 15 is 0 Å². The molecule has 0 spiro atoms. The zero-order valence-electron chi connectivity index (χ0n) is 11.4. The Labute approximate surface area is 131 Å². The molecular formula is C15H11ClFNO3S. The Morgan fingerprint density at radius 2 is 1.77 bits per heavy atom. The standard InChI is InChI=1S/C15H11ClFNO3S/c1-9-15(19)13-8-10(16)2-7-14(13)18(9)22(20,21)12-5-3-11(17)4-6-12/h2-8,19H,1H3. The Bertz CT molecular complexity index is 978. The highest BCUT2D eigenvalue weighted by atomic mass is 35.5. The molecule has 2 aromatic carbocycles. The molecule has 0 aliphatic heterocycles. The lowest BCUT2D eigenvalue weighted by atomic mass is 10.2. The molecule has 1 heterocycles. The Hall–Kier alpha value is -2.05. The molecule has 0 saturated heterocycles. The van der Waals surface area contributed by atoms with Crippen LogP contribution in [0.4, 0.5) is 4.39 Å². The van der Waals surface area contributed by atoms with Gasteiger partial charge in [0.05, 0.1) is 16.1 Å². The molecule has 0 saturated carbocycles. The molecule has 114 valence electrons. The van der Waals surface area contributed by atoms with Crippen molar-refractivity contribution in [1.29, 1.82) is 0 Å². The van der Waals surface area contributed by atoms with Crippen molar-refractivity contribution in [3.8, 4) is 5.75 Å². The van der Waals surface area contributed by atoms with Crippen molar-refractivity contribution in [3.05, 3.63) is 59.0 Å². The van der Waals surface area contributed by atoms with Gasteiger partial charge in [0, 0.05) is 10.4 Å². The first-order chi connectivity index (χ1) is 10.3. The van der Waals surface area contributed by atoms with Crippen LogP contribution in [0.3, 0.4) is 0 Å². The molecule has 3 aromatic rings. The molecule has 0 atom stereocenters. The lowest BCUT2D eigenvalue weighted by molar-refractivity contribution is 0.475. The summed E-state index contributed by atoms with van der Waals surface area (Å²) in [5.74, 6) is -0.675. The number of hydrogen-bond donors (Lipinski definition) is 1. The quantitative estimate of drug-likeness (QED) is 0.774. The van der Waals surface area contributed by atoms with Crippen LogP contribution in [0.2, 0.25) is 5.02 Å². The van der Waals surface area contributed by atoms with Gasteiger partial charge < -0.3 is 5.11 Å². The second kappa shape index (κ2) is 5.00. The van der Waals surface area contributed by atoms with Crippen LogP contribution >= 0.6 is 11.6 Å². The van der Waals surface area contributed by atoms with Crippen LogP contribution in [-0.2, 0) is 10.0 Å². The van der Waals surface area contributed by atoms with Crippen molar-refractivity contribution in [2.45, 2.75) is 11.8 Å². The third-order valence-electron chi connectivity index (χ3n) is 3.43. The van der Waals surface area contributed by atoms with Crippen molar-refractivity contribution in [3.63, 3.8) is 0 Å². The van der Waals surface area contributed by atoms with E-state index in [2.05, 4.69) is 0 Å². The van der Waals surface area contributed by atoms with Crippen molar-refractivity contribution in [2.24, 2.45) is 0 Å². The molecule has 0 aliphatic rings. The van der Waals surface area contributed by atoms with Crippen molar-refractivity contribution in [2.75, 3.05) is 0 Å². The van der Waals surface area contributed by atoms with Gasteiger partial charge in [0.25, 0.3) is 10.0 Å². The van der Waals surface area contributed by atoms with Gasteiger partial charge >= 0.3 is 0 Å². The molecule has 1 aromatic heterocycles. The second-order valence-electron chi connectivity index (χ2n) is 4.82. The van der Waals surface area contributed by atoms with E-state index in [1.54, 1.807) is 6.07 Å². The summed E-state index contributed by atoms with van der Waals surface area (Å²) >= 11 is 5.89. The number of hydrogen-bond acceptors (Lipinski definition) is 3. The summed E-state index contributed by atoms with van der Waals surface area (Å²) < 4.78 is 39.6. The van der Waals surface area contributed by atoms with E-state index in [1.165, 1.54) is 31.2 Å². The van der Waals surface area contributed by atoms with Crippen molar-refractivity contribution < 1.29 is 17.9 Å². The van der Waals surface area contributed by atoms with E-state index in [-0.39, 0.29) is 16.3 Å². The SMILES string of the molecule is Cc1c(O)c2cc(Cl)ccc2n1S(=O)(=O)c1ccc(F)cc1. The fourth-order valence-corrected chi connectivity index (χ4v) is 4.10. The van der Waals surface area contributed by atoms with E-state index in [0.717, 1.165) is 16.1 Å². The molecule has 0 amide bonds. The highest BCUT2D eigenvalue weighted by Gasteiger charge is 2.25. The van der Waals surface area contributed by atoms with Gasteiger partial charge in [-0.05, 0) is 49.4 Å². The summed E-state index contributed by atoms with van der Waals surface area (Å²) in [5, 5.41) is 10.9. The van der Waals surface area contributed by atoms with Gasteiger partial charge in [-0.2, -0.15) is 0 Å². The maximum Gasteiger partial charge on any atom is 0.268 e. The smallest absolute Gasteiger partial charge is 0.268 e. The fourth-order valence-electron chi connectivity index (χ4n) is 2.37. The van der Waals surface area contributed by atoms with Crippen LogP contribution in [0.5, 0.6) is 5.75 Å². The molecule has 0 aliphatic carbocycles. The summed E-state index contributed by atoms with van der Waals surface area (Å²) in [6.07, 6.45) is 0. The van der Waals surface area contributed by atoms with E-state index in [1.807, 2.05) is 0 Å². The molecule has 0 radical (unpaired) electrons. The number of nitrogens with zero attached hydrogens (tertiary/aromatic N) is 1. The van der Waals surface area contributed by atoms with Crippen LogP contribution in [0.15, 0.2) is 47.4 Å². The van der Waals surface area contributed by atoms with E-state index in [0.29, 0.717) is 15.9 Å². The monoisotopic (exact) mass is 339 g/mol. The first-order valence-corrected chi connectivity index (χ1v) is 8.15. The molecule has 22 heavy (non-hydrogen) atoms. The number of benzene rings is 2. The highest BCUT2D eigenvalue weighted by Crippen LogP contribution is 2.35. The average Bonchev–Trinajstić information content (AvgIpc) is 2.72. The number of rotatable bonds is 2. The van der Waals surface area contributed by atoms with Crippen molar-refractivity contribution >= 4 is 32.5 Å². The fraction of sp³-hybridized carbons (Fsp3) is 0.0667. The Morgan fingerprint density at radius 3 is 2.41 bits per heavy atom. The van der Waals surface area contributed by atoms with Crippen LogP contribution in [-0.4, -0.2) is 17.5 Å². The Balaban J connectivity index is 2.34. The third kappa shape index (κ3) is 2.15. The second-order valence-corrected chi connectivity index (χ2v) is 7.04. The summed E-state index contributed by atoms with van der Waals surface area (Å²) in [5.41, 5.74) is 0.477. The maximum absolute atomic E-state index is 13.0. The summed E-state index contributed by atoms with van der Waals surface area (Å²) in [7, 11) is -3.96. The molecule has 3 rings (SSSR count). The molecule has 1 N–H and O–H groups in total. The predicted molar refractivity (Wildman–Crippen MR) is 82.3 cm³/mol. The minimum atomic E-state index is -3.96. The topological polar surface area (TPSA) is 59.3 Å². The van der Waals surface area contributed by atoms with Gasteiger partial charge in [-0.1, -0.05) is 11.6 Å². The zero-order valence-corrected chi connectivity index (χ0v) is 13.0. The zero-order chi connectivity index (χ0) is 16.1. The molecule has 7 heteroatoms. The third-order valence-corrected chi connectivity index (χ3v) is 5.49. The van der Waals surface area contributed by atoms with Gasteiger partial charge in [-0.15, -0.1) is 0 Å².